The molecule has 1 saturated heterocycles. The second kappa shape index (κ2) is 6.94. The minimum absolute atomic E-state index is 0.0741. The molecule has 1 atom stereocenters. The van der Waals surface area contributed by atoms with Crippen molar-refractivity contribution in [3.05, 3.63) is 41.7 Å². The molecule has 1 N–H and O–H groups in total. The van der Waals surface area contributed by atoms with Crippen molar-refractivity contribution in [3.8, 4) is 0 Å². The van der Waals surface area contributed by atoms with Crippen molar-refractivity contribution in [1.82, 2.24) is 10.2 Å². The minimum Gasteiger partial charge on any atom is -0.355 e. The molecule has 3 rings (SSSR count). The van der Waals surface area contributed by atoms with Crippen LogP contribution in [-0.2, 0) is 9.59 Å². The van der Waals surface area contributed by atoms with Gasteiger partial charge in [-0.1, -0.05) is 24.3 Å². The molecule has 23 heavy (non-hydrogen) atoms. The smallest absolute Gasteiger partial charge is 0.223 e. The van der Waals surface area contributed by atoms with Gasteiger partial charge in [0.2, 0.25) is 11.8 Å². The monoisotopic (exact) mass is 316 g/mol. The summed E-state index contributed by atoms with van der Waals surface area (Å²) >= 11 is 0. The predicted octanol–water partition coefficient (Wildman–Crippen LogP) is 2.36. The lowest BCUT2D eigenvalue weighted by Crippen LogP contribution is -2.31. The van der Waals surface area contributed by atoms with Crippen LogP contribution in [0.2, 0.25) is 0 Å². The fourth-order valence-electron chi connectivity index (χ4n) is 2.93. The maximum absolute atomic E-state index is 13.0. The number of likely N-dealkylation sites (tertiary alicyclic amines) is 1. The summed E-state index contributed by atoms with van der Waals surface area (Å²) in [5.41, 5.74) is 0.735. The van der Waals surface area contributed by atoms with Gasteiger partial charge in [0.15, 0.2) is 0 Å². The van der Waals surface area contributed by atoms with Gasteiger partial charge in [0.25, 0.3) is 0 Å². The summed E-state index contributed by atoms with van der Waals surface area (Å²) in [6.45, 7) is 1.31. The molecule has 5 heteroatoms. The highest BCUT2D eigenvalue weighted by atomic mass is 19.1. The molecular formula is C18H21FN2O2. The van der Waals surface area contributed by atoms with Gasteiger partial charge in [0.1, 0.15) is 5.82 Å². The van der Waals surface area contributed by atoms with Crippen LogP contribution in [0.1, 0.15) is 31.2 Å². The number of carbonyl (C=O) groups excluding carboxylic acids is 2. The first-order chi connectivity index (χ1) is 11.1. The summed E-state index contributed by atoms with van der Waals surface area (Å²) in [5.74, 6) is 0.0784. The second-order valence-corrected chi connectivity index (χ2v) is 6.31. The topological polar surface area (TPSA) is 49.4 Å². The molecule has 1 aliphatic heterocycles. The normalized spacial score (nSPS) is 21.2. The summed E-state index contributed by atoms with van der Waals surface area (Å²) in [4.78, 5) is 25.6. The molecular weight excluding hydrogens is 295 g/mol. The number of amides is 2. The van der Waals surface area contributed by atoms with Crippen molar-refractivity contribution in [1.29, 1.82) is 0 Å². The third kappa shape index (κ3) is 4.41. The first kappa shape index (κ1) is 15.7. The Morgan fingerprint density at radius 2 is 2.22 bits per heavy atom. The molecule has 0 bridgehead atoms. The van der Waals surface area contributed by atoms with Crippen LogP contribution < -0.4 is 5.32 Å². The highest BCUT2D eigenvalue weighted by Gasteiger charge is 2.39. The number of hydrogen-bond acceptors (Lipinski definition) is 2. The van der Waals surface area contributed by atoms with Crippen LogP contribution in [0.3, 0.4) is 0 Å². The van der Waals surface area contributed by atoms with E-state index < -0.39 is 0 Å². The zero-order valence-corrected chi connectivity index (χ0v) is 13.0. The van der Waals surface area contributed by atoms with Gasteiger partial charge in [0, 0.05) is 37.9 Å². The van der Waals surface area contributed by atoms with Crippen molar-refractivity contribution < 1.29 is 14.0 Å². The average Bonchev–Trinajstić information content (AvgIpc) is 3.29. The quantitative estimate of drug-likeness (QED) is 0.876. The molecule has 4 nitrogen and oxygen atoms in total. The van der Waals surface area contributed by atoms with E-state index in [1.54, 1.807) is 24.3 Å². The average molecular weight is 316 g/mol. The molecule has 1 unspecified atom stereocenters. The summed E-state index contributed by atoms with van der Waals surface area (Å²) in [5, 5.41) is 2.88. The van der Waals surface area contributed by atoms with E-state index in [1.165, 1.54) is 12.1 Å². The van der Waals surface area contributed by atoms with E-state index in [1.807, 2.05) is 4.90 Å². The van der Waals surface area contributed by atoms with E-state index in [2.05, 4.69) is 5.32 Å². The number of carbonyl (C=O) groups is 2. The highest BCUT2D eigenvalue weighted by Crippen LogP contribution is 2.32. The zero-order chi connectivity index (χ0) is 16.2. The van der Waals surface area contributed by atoms with Gasteiger partial charge in [0.05, 0.1) is 0 Å². The molecule has 1 aromatic rings. The number of nitrogens with one attached hydrogen (secondary N) is 1. The number of rotatable bonds is 6. The lowest BCUT2D eigenvalue weighted by Gasteiger charge is -2.15. The maximum atomic E-state index is 13.0. The van der Waals surface area contributed by atoms with Crippen molar-refractivity contribution in [2.75, 3.05) is 13.1 Å². The van der Waals surface area contributed by atoms with Crippen molar-refractivity contribution >= 4 is 17.9 Å². The standard InChI is InChI=1S/C18H21FN2O2/c19-15-5-1-3-13(9-15)4-2-6-17(22)20-11-14-10-18(23)21(12-14)16-7-8-16/h1-5,9,14,16H,6-8,10-12H2,(H,20,22). The van der Waals surface area contributed by atoms with Crippen LogP contribution >= 0.6 is 0 Å². The Kier molecular flexibility index (Phi) is 4.74. The Morgan fingerprint density at radius 3 is 2.96 bits per heavy atom. The lowest BCUT2D eigenvalue weighted by atomic mass is 10.1. The van der Waals surface area contributed by atoms with Crippen LogP contribution in [0.15, 0.2) is 30.3 Å². The predicted molar refractivity (Wildman–Crippen MR) is 85.9 cm³/mol. The van der Waals surface area contributed by atoms with Gasteiger partial charge in [-0.25, -0.2) is 4.39 Å². The number of halogens is 1. The van der Waals surface area contributed by atoms with Crippen molar-refractivity contribution in [3.63, 3.8) is 0 Å². The fraction of sp³-hybridized carbons (Fsp3) is 0.444. The molecule has 2 aliphatic rings. The Labute approximate surface area is 135 Å². The summed E-state index contributed by atoms with van der Waals surface area (Å²) in [7, 11) is 0. The van der Waals surface area contributed by atoms with Crippen LogP contribution in [-0.4, -0.2) is 35.8 Å². The Hall–Kier alpha value is -2.17. The van der Waals surface area contributed by atoms with Crippen molar-refractivity contribution in [2.45, 2.75) is 31.7 Å². The Balaban J connectivity index is 1.39. The highest BCUT2D eigenvalue weighted by molar-refractivity contribution is 5.80. The van der Waals surface area contributed by atoms with E-state index in [0.29, 0.717) is 19.0 Å². The molecule has 2 fully saturated rings. The van der Waals surface area contributed by atoms with Gasteiger partial charge in [-0.2, -0.15) is 0 Å². The Morgan fingerprint density at radius 1 is 1.39 bits per heavy atom. The summed E-state index contributed by atoms with van der Waals surface area (Å²) in [6.07, 6.45) is 6.49. The second-order valence-electron chi connectivity index (χ2n) is 6.31. The largest absolute Gasteiger partial charge is 0.355 e. The SMILES string of the molecule is O=C(CC=Cc1cccc(F)c1)NCC1CC(=O)N(C2CC2)C1. The molecule has 0 radical (unpaired) electrons. The number of nitrogens with zero attached hydrogens (tertiary/aromatic N) is 1. The third-order valence-corrected chi connectivity index (χ3v) is 4.28. The molecule has 0 spiro atoms. The summed E-state index contributed by atoms with van der Waals surface area (Å²) in [6, 6.07) is 6.69. The molecule has 1 aromatic carbocycles. The zero-order valence-electron chi connectivity index (χ0n) is 13.0. The molecule has 122 valence electrons. The number of benzene rings is 1. The maximum Gasteiger partial charge on any atom is 0.223 e. The van der Waals surface area contributed by atoms with E-state index in [-0.39, 0.29) is 30.0 Å². The van der Waals surface area contributed by atoms with E-state index >= 15 is 0 Å². The molecule has 1 saturated carbocycles. The van der Waals surface area contributed by atoms with Gasteiger partial charge in [-0.05, 0) is 30.5 Å². The van der Waals surface area contributed by atoms with Crippen molar-refractivity contribution in [2.24, 2.45) is 5.92 Å². The van der Waals surface area contributed by atoms with E-state index in [4.69, 9.17) is 0 Å². The molecule has 1 aliphatic carbocycles. The van der Waals surface area contributed by atoms with Crippen LogP contribution in [0.5, 0.6) is 0 Å². The molecule has 0 aromatic heterocycles. The molecule has 2 amide bonds. The first-order valence-electron chi connectivity index (χ1n) is 8.10. The molecule has 1 heterocycles. The van der Waals surface area contributed by atoms with Gasteiger partial charge in [-0.3, -0.25) is 9.59 Å². The van der Waals surface area contributed by atoms with Crippen LogP contribution in [0, 0.1) is 11.7 Å². The van der Waals surface area contributed by atoms with Gasteiger partial charge in [-0.15, -0.1) is 0 Å². The van der Waals surface area contributed by atoms with Gasteiger partial charge >= 0.3 is 0 Å². The van der Waals surface area contributed by atoms with E-state index in [9.17, 15) is 14.0 Å². The van der Waals surface area contributed by atoms with Gasteiger partial charge < -0.3 is 10.2 Å². The lowest BCUT2D eigenvalue weighted by molar-refractivity contribution is -0.128. The van der Waals surface area contributed by atoms with E-state index in [0.717, 1.165) is 24.9 Å². The fourth-order valence-corrected chi connectivity index (χ4v) is 2.93. The Bertz CT molecular complexity index is 625. The summed E-state index contributed by atoms with van der Waals surface area (Å²) < 4.78 is 13.0. The third-order valence-electron chi connectivity index (χ3n) is 4.28. The first-order valence-corrected chi connectivity index (χ1v) is 8.10. The minimum atomic E-state index is -0.289. The van der Waals surface area contributed by atoms with Crippen LogP contribution in [0.4, 0.5) is 4.39 Å². The number of hydrogen-bond donors (Lipinski definition) is 1. The van der Waals surface area contributed by atoms with Crippen LogP contribution in [0.25, 0.3) is 6.08 Å².